The van der Waals surface area contributed by atoms with Crippen molar-refractivity contribution in [1.82, 2.24) is 9.97 Å². The Bertz CT molecular complexity index is 420. The highest BCUT2D eigenvalue weighted by Gasteiger charge is 2.29. The van der Waals surface area contributed by atoms with Crippen LogP contribution in [0.2, 0.25) is 0 Å². The highest BCUT2D eigenvalue weighted by atomic mass is 16.5. The number of carbonyl (C=O) groups is 2. The molecule has 1 fully saturated rings. The summed E-state index contributed by atoms with van der Waals surface area (Å²) >= 11 is 0. The maximum atomic E-state index is 11.3. The van der Waals surface area contributed by atoms with E-state index in [0.717, 1.165) is 0 Å². The molecule has 1 aromatic heterocycles. The lowest BCUT2D eigenvalue weighted by Gasteiger charge is -2.33. The number of anilines is 1. The van der Waals surface area contributed by atoms with Crippen LogP contribution >= 0.6 is 0 Å². The lowest BCUT2D eigenvalue weighted by molar-refractivity contribution is -0.121. The number of aldehydes is 1. The topological polar surface area (TPSA) is 98.4 Å². The number of carbonyl (C=O) groups excluding carboxylic acids is 2. The molecular weight excluding hydrogens is 224 g/mol. The van der Waals surface area contributed by atoms with Gasteiger partial charge in [-0.1, -0.05) is 0 Å². The van der Waals surface area contributed by atoms with E-state index in [4.69, 9.17) is 10.5 Å². The van der Waals surface area contributed by atoms with E-state index < -0.39 is 11.9 Å². The third-order valence-corrected chi connectivity index (χ3v) is 2.51. The van der Waals surface area contributed by atoms with Crippen LogP contribution in [-0.4, -0.2) is 48.0 Å². The zero-order chi connectivity index (χ0) is 12.3. The van der Waals surface area contributed by atoms with Gasteiger partial charge in [-0.15, -0.1) is 0 Å². The minimum atomic E-state index is -0.564. The summed E-state index contributed by atoms with van der Waals surface area (Å²) in [6.07, 6.45) is 3.47. The van der Waals surface area contributed by atoms with Gasteiger partial charge >= 0.3 is 0 Å². The molecule has 0 aliphatic carbocycles. The number of ether oxygens (including phenoxy) is 1. The van der Waals surface area contributed by atoms with E-state index in [1.807, 2.05) is 0 Å². The average Bonchev–Trinajstić information content (AvgIpc) is 2.39. The molecule has 17 heavy (non-hydrogen) atoms. The van der Waals surface area contributed by atoms with Gasteiger partial charge in [0, 0.05) is 18.9 Å². The van der Waals surface area contributed by atoms with Crippen LogP contribution in [0.1, 0.15) is 10.4 Å². The SMILES string of the molecule is NC(=O)C1COCCN1c1ncc(C=O)cn1. The molecule has 2 rings (SSSR count). The summed E-state index contributed by atoms with van der Waals surface area (Å²) in [6.45, 7) is 1.21. The molecule has 1 aliphatic heterocycles. The van der Waals surface area contributed by atoms with Gasteiger partial charge in [-0.2, -0.15) is 0 Å². The first-order chi connectivity index (χ1) is 8.22. The number of amides is 1. The van der Waals surface area contributed by atoms with Crippen LogP contribution in [0.25, 0.3) is 0 Å². The first kappa shape index (κ1) is 11.5. The van der Waals surface area contributed by atoms with E-state index in [1.54, 1.807) is 4.90 Å². The van der Waals surface area contributed by atoms with E-state index in [0.29, 0.717) is 30.9 Å². The van der Waals surface area contributed by atoms with E-state index in [-0.39, 0.29) is 6.61 Å². The monoisotopic (exact) mass is 236 g/mol. The minimum absolute atomic E-state index is 0.230. The van der Waals surface area contributed by atoms with E-state index in [1.165, 1.54) is 12.4 Å². The van der Waals surface area contributed by atoms with Gasteiger partial charge < -0.3 is 15.4 Å². The molecule has 2 heterocycles. The van der Waals surface area contributed by atoms with Gasteiger partial charge in [0.1, 0.15) is 6.04 Å². The van der Waals surface area contributed by atoms with E-state index in [9.17, 15) is 9.59 Å². The van der Waals surface area contributed by atoms with Crippen LogP contribution in [0.5, 0.6) is 0 Å². The van der Waals surface area contributed by atoms with Crippen molar-refractivity contribution in [2.75, 3.05) is 24.7 Å². The number of rotatable bonds is 3. The fraction of sp³-hybridized carbons (Fsp3) is 0.400. The van der Waals surface area contributed by atoms with Gasteiger partial charge in [0.15, 0.2) is 6.29 Å². The smallest absolute Gasteiger partial charge is 0.242 e. The number of hydrogen-bond acceptors (Lipinski definition) is 6. The number of primary amides is 1. The van der Waals surface area contributed by atoms with Crippen LogP contribution in [0.15, 0.2) is 12.4 Å². The Balaban J connectivity index is 2.23. The fourth-order valence-corrected chi connectivity index (χ4v) is 1.62. The van der Waals surface area contributed by atoms with Gasteiger partial charge in [-0.25, -0.2) is 9.97 Å². The van der Waals surface area contributed by atoms with E-state index >= 15 is 0 Å². The quantitative estimate of drug-likeness (QED) is 0.674. The Morgan fingerprint density at radius 2 is 2.24 bits per heavy atom. The third kappa shape index (κ3) is 2.39. The van der Waals surface area contributed by atoms with Crippen molar-refractivity contribution in [3.63, 3.8) is 0 Å². The second-order valence-corrected chi connectivity index (χ2v) is 3.62. The number of hydrogen-bond donors (Lipinski definition) is 1. The molecule has 7 heteroatoms. The molecule has 1 atom stereocenters. The zero-order valence-electron chi connectivity index (χ0n) is 9.07. The number of morpholine rings is 1. The molecule has 0 aromatic carbocycles. The van der Waals surface area contributed by atoms with Gasteiger partial charge in [0.25, 0.3) is 0 Å². The van der Waals surface area contributed by atoms with Crippen molar-refractivity contribution in [3.8, 4) is 0 Å². The molecule has 1 aromatic rings. The summed E-state index contributed by atoms with van der Waals surface area (Å²) in [7, 11) is 0. The van der Waals surface area contributed by atoms with Gasteiger partial charge in [0.05, 0.1) is 18.8 Å². The van der Waals surface area contributed by atoms with Crippen LogP contribution in [0, 0.1) is 0 Å². The van der Waals surface area contributed by atoms with E-state index in [2.05, 4.69) is 9.97 Å². The standard InChI is InChI=1S/C10H12N4O3/c11-9(16)8-6-17-2-1-14(8)10-12-3-7(5-15)4-13-10/h3-5,8H,1-2,6H2,(H2,11,16). The minimum Gasteiger partial charge on any atom is -0.377 e. The lowest BCUT2D eigenvalue weighted by atomic mass is 10.2. The van der Waals surface area contributed by atoms with Crippen LogP contribution < -0.4 is 10.6 Å². The second kappa shape index (κ2) is 4.88. The van der Waals surface area contributed by atoms with Crippen molar-refractivity contribution < 1.29 is 14.3 Å². The summed E-state index contributed by atoms with van der Waals surface area (Å²) in [6, 6.07) is -0.564. The van der Waals surface area contributed by atoms with Gasteiger partial charge in [-0.3, -0.25) is 9.59 Å². The molecule has 1 saturated heterocycles. The molecule has 0 spiro atoms. The van der Waals surface area contributed by atoms with Crippen LogP contribution in [0.4, 0.5) is 5.95 Å². The fourth-order valence-electron chi connectivity index (χ4n) is 1.62. The summed E-state index contributed by atoms with van der Waals surface area (Å²) in [5.74, 6) is -0.101. The number of nitrogens with two attached hydrogens (primary N) is 1. The Morgan fingerprint density at radius 1 is 1.53 bits per heavy atom. The van der Waals surface area contributed by atoms with Crippen molar-refractivity contribution >= 4 is 18.1 Å². The van der Waals surface area contributed by atoms with Crippen molar-refractivity contribution in [2.24, 2.45) is 5.73 Å². The molecular formula is C10H12N4O3. The molecule has 7 nitrogen and oxygen atoms in total. The molecule has 1 amide bonds. The predicted molar refractivity (Wildman–Crippen MR) is 58.6 cm³/mol. The molecule has 1 aliphatic rings. The predicted octanol–water partition coefficient (Wildman–Crippen LogP) is -1.02. The maximum Gasteiger partial charge on any atom is 0.242 e. The summed E-state index contributed by atoms with van der Waals surface area (Å²) in [5, 5.41) is 0. The van der Waals surface area contributed by atoms with Gasteiger partial charge in [-0.05, 0) is 0 Å². The normalized spacial score (nSPS) is 20.0. The molecule has 1 unspecified atom stereocenters. The Kier molecular flexibility index (Phi) is 3.29. The van der Waals surface area contributed by atoms with Crippen molar-refractivity contribution in [3.05, 3.63) is 18.0 Å². The van der Waals surface area contributed by atoms with Crippen LogP contribution in [-0.2, 0) is 9.53 Å². The zero-order valence-corrected chi connectivity index (χ0v) is 9.07. The average molecular weight is 236 g/mol. The van der Waals surface area contributed by atoms with Crippen molar-refractivity contribution in [1.29, 1.82) is 0 Å². The Morgan fingerprint density at radius 3 is 2.82 bits per heavy atom. The third-order valence-electron chi connectivity index (χ3n) is 2.51. The highest BCUT2D eigenvalue weighted by molar-refractivity contribution is 5.83. The summed E-state index contributed by atoms with van der Waals surface area (Å²) in [5.41, 5.74) is 5.67. The Hall–Kier alpha value is -2.02. The lowest BCUT2D eigenvalue weighted by Crippen LogP contribution is -2.53. The largest absolute Gasteiger partial charge is 0.377 e. The second-order valence-electron chi connectivity index (χ2n) is 3.62. The molecule has 2 N–H and O–H groups in total. The first-order valence-corrected chi connectivity index (χ1v) is 5.13. The first-order valence-electron chi connectivity index (χ1n) is 5.13. The highest BCUT2D eigenvalue weighted by Crippen LogP contribution is 2.14. The molecule has 0 radical (unpaired) electrons. The van der Waals surface area contributed by atoms with Crippen molar-refractivity contribution in [2.45, 2.75) is 6.04 Å². The number of aromatic nitrogens is 2. The van der Waals surface area contributed by atoms with Crippen LogP contribution in [0.3, 0.4) is 0 Å². The summed E-state index contributed by atoms with van der Waals surface area (Å²) in [4.78, 5) is 31.5. The molecule has 0 saturated carbocycles. The maximum absolute atomic E-state index is 11.3. The summed E-state index contributed by atoms with van der Waals surface area (Å²) < 4.78 is 5.19. The number of nitrogens with zero attached hydrogens (tertiary/aromatic N) is 3. The van der Waals surface area contributed by atoms with Gasteiger partial charge in [0.2, 0.25) is 11.9 Å². The molecule has 90 valence electrons. The Labute approximate surface area is 97.6 Å². The molecule has 0 bridgehead atoms.